The van der Waals surface area contributed by atoms with Crippen LogP contribution in [-0.2, 0) is 0 Å². The highest BCUT2D eigenvalue weighted by atomic mass is 35.5. The summed E-state index contributed by atoms with van der Waals surface area (Å²) in [5.74, 6) is 0. The van der Waals surface area contributed by atoms with Crippen LogP contribution >= 0.6 is 34.8 Å². The van der Waals surface area contributed by atoms with Crippen LogP contribution in [0.15, 0.2) is 18.2 Å². The van der Waals surface area contributed by atoms with Crippen LogP contribution < -0.4 is 0 Å². The fraction of sp³-hybridized carbons (Fsp3) is 0. The molecule has 0 amide bonds. The van der Waals surface area contributed by atoms with Gasteiger partial charge in [0.05, 0.1) is 16.1 Å². The predicted octanol–water partition coefficient (Wildman–Crippen LogP) is 4.18. The number of benzene rings is 1. The quantitative estimate of drug-likeness (QED) is 0.526. The van der Waals surface area contributed by atoms with E-state index in [4.69, 9.17) is 40.1 Å². The Morgan fingerprint density at radius 3 is 2.54 bits per heavy atom. The first-order chi connectivity index (χ1) is 6.15. The van der Waals surface area contributed by atoms with Crippen LogP contribution in [0.1, 0.15) is 5.56 Å². The summed E-state index contributed by atoms with van der Waals surface area (Å²) >= 11 is 17.4. The summed E-state index contributed by atoms with van der Waals surface area (Å²) in [5.41, 5.74) is 0.640. The van der Waals surface area contributed by atoms with Gasteiger partial charge in [-0.15, -0.1) is 0 Å². The molecular weight excluding hydrogens is 228 g/mol. The summed E-state index contributed by atoms with van der Waals surface area (Å²) in [4.78, 5) is 0. The third kappa shape index (κ3) is 2.63. The third-order valence-corrected chi connectivity index (χ3v) is 2.39. The molecule has 0 aromatic heterocycles. The van der Waals surface area contributed by atoms with E-state index in [2.05, 4.69) is 0 Å². The minimum absolute atomic E-state index is 0.381. The summed E-state index contributed by atoms with van der Waals surface area (Å²) in [6.45, 7) is 0. The Morgan fingerprint density at radius 1 is 1.23 bits per heavy atom. The molecule has 0 saturated heterocycles. The van der Waals surface area contributed by atoms with Crippen molar-refractivity contribution in [1.82, 2.24) is 0 Å². The van der Waals surface area contributed by atoms with Gasteiger partial charge in [-0.2, -0.15) is 5.26 Å². The van der Waals surface area contributed by atoms with Crippen molar-refractivity contribution in [3.8, 4) is 6.07 Å². The third-order valence-electron chi connectivity index (χ3n) is 1.36. The van der Waals surface area contributed by atoms with Crippen LogP contribution in [0.2, 0.25) is 15.1 Å². The van der Waals surface area contributed by atoms with Crippen LogP contribution in [0.3, 0.4) is 0 Å². The van der Waals surface area contributed by atoms with Crippen molar-refractivity contribution < 1.29 is 0 Å². The smallest absolute Gasteiger partial charge is 0.0912 e. The van der Waals surface area contributed by atoms with Gasteiger partial charge in [0.1, 0.15) is 0 Å². The topological polar surface area (TPSA) is 23.8 Å². The van der Waals surface area contributed by atoms with E-state index < -0.39 is 0 Å². The van der Waals surface area contributed by atoms with Crippen molar-refractivity contribution in [1.29, 1.82) is 5.26 Å². The highest BCUT2D eigenvalue weighted by Gasteiger charge is 2.03. The number of halogens is 3. The summed E-state index contributed by atoms with van der Waals surface area (Å²) in [7, 11) is 0. The second kappa shape index (κ2) is 4.53. The number of nitriles is 1. The van der Waals surface area contributed by atoms with E-state index in [-0.39, 0.29) is 0 Å². The lowest BCUT2D eigenvalue weighted by Gasteiger charge is -2.00. The zero-order chi connectivity index (χ0) is 9.84. The van der Waals surface area contributed by atoms with Crippen LogP contribution in [0.5, 0.6) is 0 Å². The summed E-state index contributed by atoms with van der Waals surface area (Å²) in [6.07, 6.45) is 2.87. The SMILES string of the molecule is N#C/C=C\c1cc(Cl)cc(Cl)c1Cl. The molecule has 0 aliphatic carbocycles. The van der Waals surface area contributed by atoms with E-state index in [0.29, 0.717) is 20.6 Å². The molecule has 66 valence electrons. The molecule has 13 heavy (non-hydrogen) atoms. The molecule has 0 spiro atoms. The van der Waals surface area contributed by atoms with Gasteiger partial charge in [0, 0.05) is 11.1 Å². The van der Waals surface area contributed by atoms with Crippen molar-refractivity contribution in [3.05, 3.63) is 38.8 Å². The number of hydrogen-bond donors (Lipinski definition) is 0. The van der Waals surface area contributed by atoms with Gasteiger partial charge in [0.25, 0.3) is 0 Å². The fourth-order valence-electron chi connectivity index (χ4n) is 0.824. The van der Waals surface area contributed by atoms with E-state index >= 15 is 0 Å². The first kappa shape index (κ1) is 10.4. The van der Waals surface area contributed by atoms with Crippen molar-refractivity contribution in [3.63, 3.8) is 0 Å². The van der Waals surface area contributed by atoms with Gasteiger partial charge >= 0.3 is 0 Å². The highest BCUT2D eigenvalue weighted by molar-refractivity contribution is 6.44. The molecular formula is C9H4Cl3N. The Hall–Kier alpha value is -0.680. The Morgan fingerprint density at radius 2 is 1.92 bits per heavy atom. The molecule has 0 bridgehead atoms. The molecule has 0 unspecified atom stereocenters. The van der Waals surface area contributed by atoms with E-state index in [9.17, 15) is 0 Å². The maximum absolute atomic E-state index is 8.31. The van der Waals surface area contributed by atoms with E-state index in [1.807, 2.05) is 6.07 Å². The first-order valence-corrected chi connectivity index (χ1v) is 4.49. The largest absolute Gasteiger partial charge is 0.193 e. The van der Waals surface area contributed by atoms with Crippen LogP contribution in [0, 0.1) is 11.3 Å². The van der Waals surface area contributed by atoms with Crippen molar-refractivity contribution in [2.75, 3.05) is 0 Å². The van der Waals surface area contributed by atoms with Gasteiger partial charge < -0.3 is 0 Å². The highest BCUT2D eigenvalue weighted by Crippen LogP contribution is 2.30. The fourth-order valence-corrected chi connectivity index (χ4v) is 1.51. The van der Waals surface area contributed by atoms with Crippen molar-refractivity contribution in [2.45, 2.75) is 0 Å². The van der Waals surface area contributed by atoms with Gasteiger partial charge in [-0.1, -0.05) is 34.8 Å². The molecule has 0 atom stereocenters. The lowest BCUT2D eigenvalue weighted by Crippen LogP contribution is -1.77. The lowest BCUT2D eigenvalue weighted by atomic mass is 10.2. The van der Waals surface area contributed by atoms with Crippen LogP contribution in [0.4, 0.5) is 0 Å². The Bertz CT molecular complexity index is 391. The normalized spacial score (nSPS) is 10.3. The molecule has 1 aromatic rings. The van der Waals surface area contributed by atoms with Crippen LogP contribution in [-0.4, -0.2) is 0 Å². The number of allylic oxidation sites excluding steroid dienone is 1. The maximum atomic E-state index is 8.31. The molecule has 0 N–H and O–H groups in total. The average molecular weight is 232 g/mol. The monoisotopic (exact) mass is 231 g/mol. The number of hydrogen-bond acceptors (Lipinski definition) is 1. The van der Waals surface area contributed by atoms with E-state index in [0.717, 1.165) is 0 Å². The first-order valence-electron chi connectivity index (χ1n) is 3.36. The Kier molecular flexibility index (Phi) is 3.62. The molecule has 0 heterocycles. The second-order valence-electron chi connectivity index (χ2n) is 2.25. The zero-order valence-corrected chi connectivity index (χ0v) is 8.66. The van der Waals surface area contributed by atoms with Gasteiger partial charge in [-0.25, -0.2) is 0 Å². The molecule has 1 nitrogen and oxygen atoms in total. The Labute approximate surface area is 91.1 Å². The summed E-state index contributed by atoms with van der Waals surface area (Å²) in [6, 6.07) is 5.05. The lowest BCUT2D eigenvalue weighted by molar-refractivity contribution is 1.54. The van der Waals surface area contributed by atoms with Crippen LogP contribution in [0.25, 0.3) is 6.08 Å². The second-order valence-corrected chi connectivity index (χ2v) is 3.47. The number of nitrogens with zero attached hydrogens (tertiary/aromatic N) is 1. The van der Waals surface area contributed by atoms with Gasteiger partial charge in [0.2, 0.25) is 0 Å². The molecule has 0 aliphatic rings. The van der Waals surface area contributed by atoms with Gasteiger partial charge in [-0.05, 0) is 23.8 Å². The minimum Gasteiger partial charge on any atom is -0.193 e. The minimum atomic E-state index is 0.381. The van der Waals surface area contributed by atoms with Crippen molar-refractivity contribution >= 4 is 40.9 Å². The Balaban J connectivity index is 3.22. The van der Waals surface area contributed by atoms with E-state index in [1.54, 1.807) is 18.2 Å². The standard InChI is InChI=1S/C9H4Cl3N/c10-7-4-6(2-1-3-13)9(12)8(11)5-7/h1-2,4-5H/b2-1-. The molecule has 4 heteroatoms. The molecule has 1 rings (SSSR count). The summed E-state index contributed by atoms with van der Waals surface area (Å²) < 4.78 is 0. The van der Waals surface area contributed by atoms with Crippen molar-refractivity contribution in [2.24, 2.45) is 0 Å². The zero-order valence-electron chi connectivity index (χ0n) is 6.39. The maximum Gasteiger partial charge on any atom is 0.0912 e. The predicted molar refractivity (Wildman–Crippen MR) is 56.1 cm³/mol. The molecule has 1 aromatic carbocycles. The van der Waals surface area contributed by atoms with E-state index in [1.165, 1.54) is 6.08 Å². The van der Waals surface area contributed by atoms with Gasteiger partial charge in [0.15, 0.2) is 0 Å². The van der Waals surface area contributed by atoms with Gasteiger partial charge in [-0.3, -0.25) is 0 Å². The molecule has 0 saturated carbocycles. The summed E-state index contributed by atoms with van der Waals surface area (Å²) in [5, 5.41) is 9.59. The molecule has 0 fully saturated rings. The molecule has 0 aliphatic heterocycles. The molecule has 0 radical (unpaired) electrons. The number of rotatable bonds is 1. The average Bonchev–Trinajstić information content (AvgIpc) is 2.09.